The second-order valence-corrected chi connectivity index (χ2v) is 6.34. The van der Waals surface area contributed by atoms with Gasteiger partial charge in [-0.15, -0.1) is 11.8 Å². The summed E-state index contributed by atoms with van der Waals surface area (Å²) in [5.74, 6) is 1.18. The van der Waals surface area contributed by atoms with Gasteiger partial charge in [0.1, 0.15) is 5.84 Å². The minimum Gasteiger partial charge on any atom is -0.384 e. The fraction of sp³-hybridized carbons (Fsp3) is 0.533. The van der Waals surface area contributed by atoms with Crippen LogP contribution in [0.5, 0.6) is 0 Å². The van der Waals surface area contributed by atoms with Crippen molar-refractivity contribution in [2.24, 2.45) is 5.73 Å². The van der Waals surface area contributed by atoms with Gasteiger partial charge in [0.15, 0.2) is 0 Å². The van der Waals surface area contributed by atoms with E-state index in [9.17, 15) is 0 Å². The lowest BCUT2D eigenvalue weighted by Crippen LogP contribution is -2.38. The lowest BCUT2D eigenvalue weighted by molar-refractivity contribution is 0.484. The van der Waals surface area contributed by atoms with E-state index in [1.165, 1.54) is 19.3 Å². The first-order valence-electron chi connectivity index (χ1n) is 7.02. The third kappa shape index (κ3) is 3.06. The Morgan fingerprint density at radius 1 is 1.47 bits per heavy atom. The van der Waals surface area contributed by atoms with Crippen LogP contribution >= 0.6 is 11.8 Å². The number of rotatable bonds is 4. The first-order valence-corrected chi connectivity index (χ1v) is 8.00. The number of nitrogen functional groups attached to an aromatic ring is 1. The summed E-state index contributed by atoms with van der Waals surface area (Å²) in [7, 11) is 0. The van der Waals surface area contributed by atoms with Gasteiger partial charge in [-0.2, -0.15) is 0 Å². The van der Waals surface area contributed by atoms with E-state index in [4.69, 9.17) is 11.1 Å². The van der Waals surface area contributed by atoms with Crippen molar-refractivity contribution in [1.82, 2.24) is 0 Å². The average molecular weight is 277 g/mol. The summed E-state index contributed by atoms with van der Waals surface area (Å²) in [6.07, 6.45) is 3.76. The predicted octanol–water partition coefficient (Wildman–Crippen LogP) is 3.46. The fourth-order valence-electron chi connectivity index (χ4n) is 2.76. The summed E-state index contributed by atoms with van der Waals surface area (Å²) < 4.78 is 0. The zero-order valence-electron chi connectivity index (χ0n) is 11.8. The molecule has 0 spiro atoms. The molecule has 1 fully saturated rings. The number of thioether (sulfide) groups is 1. The zero-order chi connectivity index (χ0) is 13.8. The number of piperidine rings is 1. The van der Waals surface area contributed by atoms with Crippen LogP contribution in [0.15, 0.2) is 23.1 Å². The SMILES string of the molecule is CCSc1cccc(N2CCCCC2C)c1C(=N)N. The molecule has 1 unspecified atom stereocenters. The molecule has 1 heterocycles. The van der Waals surface area contributed by atoms with Crippen LogP contribution in [-0.4, -0.2) is 24.2 Å². The molecule has 0 aliphatic carbocycles. The maximum Gasteiger partial charge on any atom is 0.126 e. The lowest BCUT2D eigenvalue weighted by Gasteiger charge is -2.37. The normalized spacial score (nSPS) is 19.5. The summed E-state index contributed by atoms with van der Waals surface area (Å²) in [6, 6.07) is 6.80. The number of amidine groups is 1. The highest BCUT2D eigenvalue weighted by atomic mass is 32.2. The van der Waals surface area contributed by atoms with Gasteiger partial charge in [0.05, 0.1) is 5.56 Å². The topological polar surface area (TPSA) is 53.1 Å². The van der Waals surface area contributed by atoms with E-state index in [0.717, 1.165) is 28.4 Å². The first-order chi connectivity index (χ1) is 9.15. The molecule has 1 saturated heterocycles. The van der Waals surface area contributed by atoms with Crippen molar-refractivity contribution < 1.29 is 0 Å². The number of nitrogens with one attached hydrogen (secondary N) is 1. The number of anilines is 1. The molecular weight excluding hydrogens is 254 g/mol. The maximum atomic E-state index is 7.92. The fourth-order valence-corrected chi connectivity index (χ4v) is 3.61. The van der Waals surface area contributed by atoms with Crippen LogP contribution < -0.4 is 10.6 Å². The van der Waals surface area contributed by atoms with Crippen LogP contribution in [0.1, 0.15) is 38.7 Å². The van der Waals surface area contributed by atoms with Crippen molar-refractivity contribution >= 4 is 23.3 Å². The number of nitrogens with zero attached hydrogens (tertiary/aromatic N) is 1. The molecule has 3 nitrogen and oxygen atoms in total. The summed E-state index contributed by atoms with van der Waals surface area (Å²) in [5, 5.41) is 7.92. The van der Waals surface area contributed by atoms with Crippen LogP contribution in [0.25, 0.3) is 0 Å². The zero-order valence-corrected chi connectivity index (χ0v) is 12.6. The highest BCUT2D eigenvalue weighted by Gasteiger charge is 2.23. The van der Waals surface area contributed by atoms with Crippen LogP contribution in [0.4, 0.5) is 5.69 Å². The standard InChI is InChI=1S/C15H23N3S/c1-3-19-13-9-6-8-12(14(13)15(16)17)18-10-5-4-7-11(18)2/h6,8-9,11H,3-5,7,10H2,1-2H3,(H3,16,17). The van der Waals surface area contributed by atoms with Crippen molar-refractivity contribution in [2.45, 2.75) is 44.0 Å². The van der Waals surface area contributed by atoms with E-state index in [1.807, 2.05) is 0 Å². The van der Waals surface area contributed by atoms with Crippen LogP contribution in [-0.2, 0) is 0 Å². The average Bonchev–Trinajstić information content (AvgIpc) is 2.39. The van der Waals surface area contributed by atoms with Gasteiger partial charge < -0.3 is 10.6 Å². The van der Waals surface area contributed by atoms with Crippen molar-refractivity contribution in [3.63, 3.8) is 0 Å². The smallest absolute Gasteiger partial charge is 0.126 e. The Bertz CT molecular complexity index is 459. The number of hydrogen-bond acceptors (Lipinski definition) is 3. The molecular formula is C15H23N3S. The minimum absolute atomic E-state index is 0.185. The van der Waals surface area contributed by atoms with Crippen LogP contribution in [0.3, 0.4) is 0 Å². The maximum absolute atomic E-state index is 7.92. The van der Waals surface area contributed by atoms with Crippen molar-refractivity contribution in [3.8, 4) is 0 Å². The van der Waals surface area contributed by atoms with E-state index in [-0.39, 0.29) is 5.84 Å². The Balaban J connectivity index is 2.43. The van der Waals surface area contributed by atoms with Gasteiger partial charge in [0.25, 0.3) is 0 Å². The molecule has 2 rings (SSSR count). The Labute approximate surface area is 120 Å². The Hall–Kier alpha value is -1.16. The molecule has 0 radical (unpaired) electrons. The Kier molecular flexibility index (Phi) is 4.75. The van der Waals surface area contributed by atoms with E-state index in [2.05, 4.69) is 36.9 Å². The van der Waals surface area contributed by atoms with E-state index >= 15 is 0 Å². The number of hydrogen-bond donors (Lipinski definition) is 2. The van der Waals surface area contributed by atoms with Crippen LogP contribution in [0.2, 0.25) is 0 Å². The molecule has 3 N–H and O–H groups in total. The molecule has 19 heavy (non-hydrogen) atoms. The molecule has 0 bridgehead atoms. The predicted molar refractivity (Wildman–Crippen MR) is 84.5 cm³/mol. The molecule has 1 atom stereocenters. The van der Waals surface area contributed by atoms with E-state index < -0.39 is 0 Å². The second-order valence-electron chi connectivity index (χ2n) is 5.04. The van der Waals surface area contributed by atoms with Gasteiger partial charge >= 0.3 is 0 Å². The monoisotopic (exact) mass is 277 g/mol. The molecule has 0 saturated carbocycles. The quantitative estimate of drug-likeness (QED) is 0.503. The summed E-state index contributed by atoms with van der Waals surface area (Å²) in [6.45, 7) is 5.47. The molecule has 1 aromatic rings. The highest BCUT2D eigenvalue weighted by molar-refractivity contribution is 7.99. The van der Waals surface area contributed by atoms with Gasteiger partial charge in [0.2, 0.25) is 0 Å². The molecule has 1 aliphatic rings. The summed E-state index contributed by atoms with van der Waals surface area (Å²) in [5.41, 5.74) is 7.90. The second kappa shape index (κ2) is 6.33. The Morgan fingerprint density at radius 3 is 2.89 bits per heavy atom. The molecule has 0 aromatic heterocycles. The number of benzene rings is 1. The largest absolute Gasteiger partial charge is 0.384 e. The van der Waals surface area contributed by atoms with E-state index in [0.29, 0.717) is 6.04 Å². The summed E-state index contributed by atoms with van der Waals surface area (Å²) in [4.78, 5) is 3.55. The van der Waals surface area contributed by atoms with Gasteiger partial charge in [-0.1, -0.05) is 13.0 Å². The third-order valence-corrected chi connectivity index (χ3v) is 4.63. The molecule has 1 aromatic carbocycles. The molecule has 1 aliphatic heterocycles. The number of nitrogens with two attached hydrogens (primary N) is 1. The molecule has 0 amide bonds. The Morgan fingerprint density at radius 2 is 2.26 bits per heavy atom. The highest BCUT2D eigenvalue weighted by Crippen LogP contribution is 2.33. The van der Waals surface area contributed by atoms with Crippen molar-refractivity contribution in [3.05, 3.63) is 23.8 Å². The third-order valence-electron chi connectivity index (χ3n) is 3.69. The van der Waals surface area contributed by atoms with Gasteiger partial charge in [-0.25, -0.2) is 0 Å². The van der Waals surface area contributed by atoms with Crippen molar-refractivity contribution in [2.75, 3.05) is 17.2 Å². The molecule has 104 valence electrons. The molecule has 4 heteroatoms. The van der Waals surface area contributed by atoms with Crippen LogP contribution in [0, 0.1) is 5.41 Å². The lowest BCUT2D eigenvalue weighted by atomic mass is 10.0. The van der Waals surface area contributed by atoms with E-state index in [1.54, 1.807) is 11.8 Å². The van der Waals surface area contributed by atoms with Crippen molar-refractivity contribution in [1.29, 1.82) is 5.41 Å². The first kappa shape index (κ1) is 14.3. The van der Waals surface area contributed by atoms with Gasteiger partial charge in [-0.3, -0.25) is 5.41 Å². The summed E-state index contributed by atoms with van der Waals surface area (Å²) >= 11 is 1.76. The van der Waals surface area contributed by atoms with Gasteiger partial charge in [0, 0.05) is 23.2 Å². The van der Waals surface area contributed by atoms with Gasteiger partial charge in [-0.05, 0) is 44.1 Å². The minimum atomic E-state index is 0.185.